The zero-order valence-corrected chi connectivity index (χ0v) is 8.92. The molecule has 2 N–H and O–H groups in total. The fraction of sp³-hybridized carbons (Fsp3) is 0.100. The Kier molecular flexibility index (Phi) is 2.51. The van der Waals surface area contributed by atoms with E-state index in [4.69, 9.17) is 5.73 Å². The number of hydrogen-bond donors (Lipinski definition) is 1. The lowest BCUT2D eigenvalue weighted by Gasteiger charge is -1.97. The average Bonchev–Trinajstić information content (AvgIpc) is 2.58. The van der Waals surface area contributed by atoms with Gasteiger partial charge in [0.05, 0.1) is 16.7 Å². The number of nitrogens with two attached hydrogens (primary N) is 1. The van der Waals surface area contributed by atoms with Crippen LogP contribution in [-0.2, 0) is 7.05 Å². The number of rotatable bonds is 2. The monoisotopic (exact) mass is 236 g/mol. The first-order chi connectivity index (χ1) is 7.97. The summed E-state index contributed by atoms with van der Waals surface area (Å²) in [5, 5.41) is 14.6. The maximum atomic E-state index is 13.2. The van der Waals surface area contributed by atoms with E-state index in [-0.39, 0.29) is 5.69 Å². The predicted octanol–water partition coefficient (Wildman–Crippen LogP) is 1.72. The van der Waals surface area contributed by atoms with Gasteiger partial charge in [-0.2, -0.15) is 5.10 Å². The van der Waals surface area contributed by atoms with E-state index >= 15 is 0 Å². The summed E-state index contributed by atoms with van der Waals surface area (Å²) in [6.07, 6.45) is 0. The summed E-state index contributed by atoms with van der Waals surface area (Å²) in [7, 11) is 1.63. The Morgan fingerprint density at radius 3 is 2.65 bits per heavy atom. The lowest BCUT2D eigenvalue weighted by Crippen LogP contribution is -1.96. The minimum absolute atomic E-state index is 0.316. The minimum atomic E-state index is -0.682. The highest BCUT2D eigenvalue weighted by atomic mass is 19.1. The van der Waals surface area contributed by atoms with E-state index in [1.807, 2.05) is 0 Å². The molecule has 2 aromatic rings. The molecule has 0 fully saturated rings. The van der Waals surface area contributed by atoms with Crippen LogP contribution in [-0.4, -0.2) is 14.7 Å². The van der Waals surface area contributed by atoms with Crippen molar-refractivity contribution in [3.05, 3.63) is 40.2 Å². The van der Waals surface area contributed by atoms with Gasteiger partial charge in [-0.3, -0.25) is 14.8 Å². The molecule has 0 radical (unpaired) electrons. The molecule has 1 aromatic carbocycles. The van der Waals surface area contributed by atoms with Crippen LogP contribution in [0.25, 0.3) is 11.3 Å². The highest BCUT2D eigenvalue weighted by Gasteiger charge is 2.13. The normalized spacial score (nSPS) is 10.5. The third-order valence-electron chi connectivity index (χ3n) is 2.31. The highest BCUT2D eigenvalue weighted by Crippen LogP contribution is 2.25. The van der Waals surface area contributed by atoms with Crippen molar-refractivity contribution in [1.29, 1.82) is 0 Å². The lowest BCUT2D eigenvalue weighted by molar-refractivity contribution is -0.385. The van der Waals surface area contributed by atoms with Crippen molar-refractivity contribution in [1.82, 2.24) is 9.78 Å². The van der Waals surface area contributed by atoms with Gasteiger partial charge < -0.3 is 5.73 Å². The molecule has 1 aromatic heterocycles. The Balaban J connectivity index is 2.55. The Labute approximate surface area is 95.6 Å². The van der Waals surface area contributed by atoms with Gasteiger partial charge in [0.25, 0.3) is 5.69 Å². The second-order valence-electron chi connectivity index (χ2n) is 3.53. The molecule has 0 saturated carbocycles. The van der Waals surface area contributed by atoms with Crippen molar-refractivity contribution in [2.75, 3.05) is 5.73 Å². The van der Waals surface area contributed by atoms with Crippen LogP contribution in [0.3, 0.4) is 0 Å². The van der Waals surface area contributed by atoms with Crippen LogP contribution in [0.15, 0.2) is 24.3 Å². The van der Waals surface area contributed by atoms with E-state index in [1.54, 1.807) is 7.05 Å². The molecular weight excluding hydrogens is 227 g/mol. The summed E-state index contributed by atoms with van der Waals surface area (Å²) in [4.78, 5) is 9.94. The number of nitro benzene ring substituents is 1. The van der Waals surface area contributed by atoms with Crippen molar-refractivity contribution >= 4 is 11.5 Å². The number of nitrogen functional groups attached to an aromatic ring is 1. The Hall–Kier alpha value is -2.44. The van der Waals surface area contributed by atoms with E-state index in [9.17, 15) is 14.5 Å². The maximum Gasteiger partial charge on any atom is 0.273 e. The van der Waals surface area contributed by atoms with Crippen LogP contribution in [0.2, 0.25) is 0 Å². The van der Waals surface area contributed by atoms with Crippen LogP contribution in [0, 0.1) is 15.9 Å². The Bertz CT molecular complexity index is 574. The summed E-state index contributed by atoms with van der Waals surface area (Å²) in [5.74, 6) is -0.287. The standard InChI is InChI=1S/C10H9FN4O2/c1-14-10(12)5-9(13-14)6-2-7(11)4-8(3-6)15(16)17/h2-5H,12H2,1H3. The summed E-state index contributed by atoms with van der Waals surface area (Å²) in [6.45, 7) is 0. The van der Waals surface area contributed by atoms with Crippen molar-refractivity contribution in [3.63, 3.8) is 0 Å². The second kappa shape index (κ2) is 3.85. The quantitative estimate of drug-likeness (QED) is 0.635. The van der Waals surface area contributed by atoms with Crippen LogP contribution in [0.1, 0.15) is 0 Å². The third-order valence-corrected chi connectivity index (χ3v) is 2.31. The van der Waals surface area contributed by atoms with Crippen LogP contribution in [0.5, 0.6) is 0 Å². The van der Waals surface area contributed by atoms with E-state index in [0.29, 0.717) is 17.1 Å². The van der Waals surface area contributed by atoms with Crippen molar-refractivity contribution in [2.45, 2.75) is 0 Å². The molecule has 6 nitrogen and oxygen atoms in total. The molecule has 0 saturated heterocycles. The fourth-order valence-corrected chi connectivity index (χ4v) is 1.45. The highest BCUT2D eigenvalue weighted by molar-refractivity contribution is 5.65. The van der Waals surface area contributed by atoms with Gasteiger partial charge in [-0.15, -0.1) is 0 Å². The predicted molar refractivity (Wildman–Crippen MR) is 59.7 cm³/mol. The second-order valence-corrected chi connectivity index (χ2v) is 3.53. The molecule has 0 aliphatic heterocycles. The number of aromatic nitrogens is 2. The van der Waals surface area contributed by atoms with Gasteiger partial charge in [-0.25, -0.2) is 4.39 Å². The van der Waals surface area contributed by atoms with Crippen LogP contribution in [0.4, 0.5) is 15.9 Å². The van der Waals surface area contributed by atoms with Crippen molar-refractivity contribution in [3.8, 4) is 11.3 Å². The molecule has 0 aliphatic carbocycles. The number of nitrogens with zero attached hydrogens (tertiary/aromatic N) is 3. The van der Waals surface area contributed by atoms with E-state index in [1.165, 1.54) is 22.9 Å². The Morgan fingerprint density at radius 1 is 1.41 bits per heavy atom. The van der Waals surface area contributed by atoms with Gasteiger partial charge in [-0.05, 0) is 6.07 Å². The molecule has 2 rings (SSSR count). The van der Waals surface area contributed by atoms with Crippen molar-refractivity contribution < 1.29 is 9.31 Å². The van der Waals surface area contributed by atoms with Gasteiger partial charge in [0, 0.05) is 24.7 Å². The summed E-state index contributed by atoms with van der Waals surface area (Å²) >= 11 is 0. The Morgan fingerprint density at radius 2 is 2.12 bits per heavy atom. The largest absolute Gasteiger partial charge is 0.384 e. The first kappa shape index (κ1) is 11.1. The summed E-state index contributed by atoms with van der Waals surface area (Å²) in [5.41, 5.74) is 5.99. The van der Waals surface area contributed by atoms with Gasteiger partial charge in [-0.1, -0.05) is 0 Å². The minimum Gasteiger partial charge on any atom is -0.384 e. The first-order valence-corrected chi connectivity index (χ1v) is 4.72. The zero-order chi connectivity index (χ0) is 12.6. The molecular formula is C10H9FN4O2. The van der Waals surface area contributed by atoms with E-state index < -0.39 is 10.7 Å². The lowest BCUT2D eigenvalue weighted by atomic mass is 10.1. The topological polar surface area (TPSA) is 87.0 Å². The molecule has 0 atom stereocenters. The van der Waals surface area contributed by atoms with Crippen molar-refractivity contribution in [2.24, 2.45) is 7.05 Å². The van der Waals surface area contributed by atoms with Gasteiger partial charge in [0.1, 0.15) is 11.6 Å². The molecule has 0 spiro atoms. The molecule has 0 unspecified atom stereocenters. The SMILES string of the molecule is Cn1nc(-c2cc(F)cc([N+](=O)[O-])c2)cc1N. The number of halogens is 1. The molecule has 7 heteroatoms. The van der Waals surface area contributed by atoms with Gasteiger partial charge in [0.2, 0.25) is 0 Å². The smallest absolute Gasteiger partial charge is 0.273 e. The number of benzene rings is 1. The summed E-state index contributed by atoms with van der Waals surface area (Å²) in [6, 6.07) is 4.81. The number of nitro groups is 1. The maximum absolute atomic E-state index is 13.2. The number of anilines is 1. The fourth-order valence-electron chi connectivity index (χ4n) is 1.45. The molecule has 0 amide bonds. The van der Waals surface area contributed by atoms with Gasteiger partial charge in [0.15, 0.2) is 0 Å². The molecule has 17 heavy (non-hydrogen) atoms. The number of hydrogen-bond acceptors (Lipinski definition) is 4. The average molecular weight is 236 g/mol. The zero-order valence-electron chi connectivity index (χ0n) is 8.92. The van der Waals surface area contributed by atoms with E-state index in [0.717, 1.165) is 6.07 Å². The van der Waals surface area contributed by atoms with Crippen LogP contribution < -0.4 is 5.73 Å². The molecule has 88 valence electrons. The molecule has 1 heterocycles. The third kappa shape index (κ3) is 2.07. The number of non-ortho nitro benzene ring substituents is 1. The van der Waals surface area contributed by atoms with Crippen LogP contribution >= 0.6 is 0 Å². The summed E-state index contributed by atoms with van der Waals surface area (Å²) < 4.78 is 14.6. The van der Waals surface area contributed by atoms with E-state index in [2.05, 4.69) is 5.10 Å². The molecule has 0 bridgehead atoms. The first-order valence-electron chi connectivity index (χ1n) is 4.72. The van der Waals surface area contributed by atoms with Gasteiger partial charge >= 0.3 is 0 Å². The molecule has 0 aliphatic rings. The number of aryl methyl sites for hydroxylation is 1.